The molecular weight excluding hydrogens is 260 g/mol. The molecule has 0 aromatic carbocycles. The molecule has 0 spiro atoms. The van der Waals surface area contributed by atoms with Crippen molar-refractivity contribution in [2.45, 2.75) is 50.4 Å². The first-order valence-electron chi connectivity index (χ1n) is 6.97. The minimum absolute atomic E-state index is 0.307. The fourth-order valence-corrected chi connectivity index (χ4v) is 2.13. The van der Waals surface area contributed by atoms with Crippen LogP contribution in [0, 0.1) is 0 Å². The first kappa shape index (κ1) is 18.3. The Morgan fingerprint density at radius 2 is 1.63 bits per heavy atom. The number of ether oxygens (including phenoxy) is 3. The topological polar surface area (TPSA) is 44.8 Å². The highest BCUT2D eigenvalue weighted by Gasteiger charge is 2.20. The van der Waals surface area contributed by atoms with Crippen LogP contribution in [-0.2, 0) is 19.0 Å². The molecular formula is C14H28O4Si. The van der Waals surface area contributed by atoms with Crippen LogP contribution >= 0.6 is 0 Å². The van der Waals surface area contributed by atoms with Crippen LogP contribution in [0.5, 0.6) is 0 Å². The Morgan fingerprint density at radius 1 is 1.11 bits per heavy atom. The molecule has 0 N–H and O–H groups in total. The maximum atomic E-state index is 10.8. The van der Waals surface area contributed by atoms with Gasteiger partial charge in [-0.2, -0.15) is 0 Å². The lowest BCUT2D eigenvalue weighted by molar-refractivity contribution is -0.146. The van der Waals surface area contributed by atoms with Crippen molar-refractivity contribution in [2.75, 3.05) is 20.8 Å². The Morgan fingerprint density at radius 3 is 2.16 bits per heavy atom. The van der Waals surface area contributed by atoms with Gasteiger partial charge in [0, 0.05) is 20.3 Å². The molecule has 0 aliphatic heterocycles. The predicted octanol–water partition coefficient (Wildman–Crippen LogP) is 1.76. The van der Waals surface area contributed by atoms with Crippen molar-refractivity contribution in [2.24, 2.45) is 0 Å². The van der Waals surface area contributed by atoms with Crippen LogP contribution in [0.1, 0.15) is 44.9 Å². The van der Waals surface area contributed by atoms with Crippen molar-refractivity contribution in [3.8, 4) is 0 Å². The highest BCUT2D eigenvalue weighted by Crippen LogP contribution is 2.17. The third kappa shape index (κ3) is 9.87. The van der Waals surface area contributed by atoms with E-state index in [1.165, 1.54) is 25.3 Å². The van der Waals surface area contributed by atoms with Crippen molar-refractivity contribution < 1.29 is 19.0 Å². The summed E-state index contributed by atoms with van der Waals surface area (Å²) in [6.45, 7) is 3.85. The number of hydrogen-bond acceptors (Lipinski definition) is 4. The number of hydrogen-bond donors (Lipinski definition) is 0. The summed E-state index contributed by atoms with van der Waals surface area (Å²) in [6, 6.07) is 0. The molecule has 112 valence electrons. The van der Waals surface area contributed by atoms with E-state index in [9.17, 15) is 4.79 Å². The molecule has 0 amide bonds. The number of rotatable bonds is 12. The molecule has 0 aliphatic rings. The Balaban J connectivity index is 3.32. The van der Waals surface area contributed by atoms with Gasteiger partial charge >= 0.3 is 5.97 Å². The molecule has 0 saturated carbocycles. The molecule has 0 heterocycles. The van der Waals surface area contributed by atoms with Gasteiger partial charge in [0.05, 0.1) is 16.8 Å². The summed E-state index contributed by atoms with van der Waals surface area (Å²) in [7, 11) is 4.31. The molecule has 0 saturated heterocycles. The Hall–Kier alpha value is -0.653. The Labute approximate surface area is 119 Å². The van der Waals surface area contributed by atoms with Gasteiger partial charge in [0.2, 0.25) is 0 Å². The second kappa shape index (κ2) is 11.2. The van der Waals surface area contributed by atoms with Crippen LogP contribution < -0.4 is 0 Å². The zero-order chi connectivity index (χ0) is 14.6. The monoisotopic (exact) mass is 288 g/mol. The largest absolute Gasteiger partial charge is 0.463 e. The van der Waals surface area contributed by atoms with E-state index >= 15 is 0 Å². The second-order valence-corrected chi connectivity index (χ2v) is 6.31. The standard InChI is InChI=1S/C14H28O4Si/c1-4-13(15)18-12-10-8-6-5-7-9-11-14(19,16-2)17-3/h4H,1,5-12H2,2-3,19H3. The van der Waals surface area contributed by atoms with Crippen molar-refractivity contribution in [1.82, 2.24) is 0 Å². The molecule has 5 heteroatoms. The molecule has 0 aromatic rings. The normalized spacial score (nSPS) is 11.5. The highest BCUT2D eigenvalue weighted by atomic mass is 28.1. The lowest BCUT2D eigenvalue weighted by Gasteiger charge is -2.26. The van der Waals surface area contributed by atoms with Gasteiger partial charge in [-0.1, -0.05) is 32.3 Å². The van der Waals surface area contributed by atoms with E-state index < -0.39 is 0 Å². The molecule has 0 unspecified atom stereocenters. The number of unbranched alkanes of at least 4 members (excludes halogenated alkanes) is 5. The molecule has 0 rings (SSSR count). The molecule has 0 bridgehead atoms. The van der Waals surface area contributed by atoms with Gasteiger partial charge in [0.15, 0.2) is 0 Å². The van der Waals surface area contributed by atoms with Crippen molar-refractivity contribution in [1.29, 1.82) is 0 Å². The van der Waals surface area contributed by atoms with Crippen molar-refractivity contribution in [3.05, 3.63) is 12.7 Å². The Bertz CT molecular complexity index is 252. The van der Waals surface area contributed by atoms with E-state index in [4.69, 9.17) is 14.2 Å². The van der Waals surface area contributed by atoms with Crippen LogP contribution in [0.15, 0.2) is 12.7 Å². The molecule has 0 aliphatic carbocycles. The lowest BCUT2D eigenvalue weighted by atomic mass is 10.1. The number of methoxy groups -OCH3 is 2. The number of carbonyl (C=O) groups is 1. The van der Waals surface area contributed by atoms with Crippen LogP contribution in [-0.4, -0.2) is 42.4 Å². The summed E-state index contributed by atoms with van der Waals surface area (Å²) in [5.41, 5.74) is -0.307. The van der Waals surface area contributed by atoms with Gasteiger partial charge in [0.25, 0.3) is 0 Å². The number of carbonyl (C=O) groups excluding carboxylic acids is 1. The van der Waals surface area contributed by atoms with Crippen LogP contribution in [0.2, 0.25) is 0 Å². The van der Waals surface area contributed by atoms with Crippen molar-refractivity contribution >= 4 is 16.2 Å². The average molecular weight is 288 g/mol. The first-order chi connectivity index (χ1) is 9.08. The van der Waals surface area contributed by atoms with Gasteiger partial charge < -0.3 is 14.2 Å². The first-order valence-corrected chi connectivity index (χ1v) is 7.97. The van der Waals surface area contributed by atoms with Crippen molar-refractivity contribution in [3.63, 3.8) is 0 Å². The summed E-state index contributed by atoms with van der Waals surface area (Å²) >= 11 is 0. The third-order valence-corrected chi connectivity index (χ3v) is 4.62. The molecule has 0 fully saturated rings. The predicted molar refractivity (Wildman–Crippen MR) is 80.2 cm³/mol. The van der Waals surface area contributed by atoms with E-state index in [1.54, 1.807) is 14.2 Å². The summed E-state index contributed by atoms with van der Waals surface area (Å²) < 4.78 is 15.6. The summed E-state index contributed by atoms with van der Waals surface area (Å²) in [5.74, 6) is -0.331. The smallest absolute Gasteiger partial charge is 0.330 e. The van der Waals surface area contributed by atoms with E-state index in [1.807, 2.05) is 0 Å². The van der Waals surface area contributed by atoms with E-state index in [-0.39, 0.29) is 11.4 Å². The molecule has 19 heavy (non-hydrogen) atoms. The van der Waals surface area contributed by atoms with E-state index in [2.05, 4.69) is 6.58 Å². The van der Waals surface area contributed by atoms with E-state index in [0.29, 0.717) is 6.61 Å². The highest BCUT2D eigenvalue weighted by molar-refractivity contribution is 6.13. The molecule has 0 aromatic heterocycles. The summed E-state index contributed by atoms with van der Waals surface area (Å²) in [4.78, 5) is 10.8. The molecule has 0 atom stereocenters. The van der Waals surface area contributed by atoms with Crippen LogP contribution in [0.4, 0.5) is 0 Å². The zero-order valence-corrected chi connectivity index (χ0v) is 14.6. The van der Waals surface area contributed by atoms with Gasteiger partial charge in [0.1, 0.15) is 5.41 Å². The van der Waals surface area contributed by atoms with Gasteiger partial charge in [-0.15, -0.1) is 0 Å². The van der Waals surface area contributed by atoms with Gasteiger partial charge in [-0.05, 0) is 19.3 Å². The SMILES string of the molecule is C=CC(=O)OCCCCCCCCC([SiH3])(OC)OC. The zero-order valence-electron chi connectivity index (χ0n) is 12.6. The average Bonchev–Trinajstić information content (AvgIpc) is 2.44. The quantitative estimate of drug-likeness (QED) is 0.180. The minimum atomic E-state index is -0.331. The van der Waals surface area contributed by atoms with Gasteiger partial charge in [-0.3, -0.25) is 0 Å². The fraction of sp³-hybridized carbons (Fsp3) is 0.786. The van der Waals surface area contributed by atoms with Crippen LogP contribution in [0.25, 0.3) is 0 Å². The maximum absolute atomic E-state index is 10.8. The maximum Gasteiger partial charge on any atom is 0.330 e. The van der Waals surface area contributed by atoms with Crippen LogP contribution in [0.3, 0.4) is 0 Å². The Kier molecular flexibility index (Phi) is 10.8. The number of esters is 1. The summed E-state index contributed by atoms with van der Waals surface area (Å²) in [6.07, 6.45) is 8.93. The second-order valence-electron chi connectivity index (χ2n) is 4.79. The summed E-state index contributed by atoms with van der Waals surface area (Å²) in [5, 5.41) is 0. The van der Waals surface area contributed by atoms with Gasteiger partial charge in [-0.25, -0.2) is 4.79 Å². The fourth-order valence-electron chi connectivity index (χ4n) is 1.77. The molecule has 4 nitrogen and oxygen atoms in total. The van der Waals surface area contributed by atoms with E-state index in [0.717, 1.165) is 35.9 Å². The minimum Gasteiger partial charge on any atom is -0.463 e. The molecule has 0 radical (unpaired) electrons. The lowest BCUT2D eigenvalue weighted by Crippen LogP contribution is -2.33. The third-order valence-electron chi connectivity index (χ3n) is 3.30.